The number of hydrogen-bond donors (Lipinski definition) is 1. The molecule has 21 heavy (non-hydrogen) atoms. The van der Waals surface area contributed by atoms with Gasteiger partial charge in [-0.25, -0.2) is 5.06 Å². The first-order valence-electron chi connectivity index (χ1n) is 6.95. The van der Waals surface area contributed by atoms with Crippen molar-refractivity contribution in [3.63, 3.8) is 0 Å². The van der Waals surface area contributed by atoms with Gasteiger partial charge in [-0.1, -0.05) is 43.0 Å². The summed E-state index contributed by atoms with van der Waals surface area (Å²) < 4.78 is 0. The van der Waals surface area contributed by atoms with E-state index < -0.39 is 6.10 Å². The van der Waals surface area contributed by atoms with E-state index in [1.54, 1.807) is 18.1 Å². The van der Waals surface area contributed by atoms with Crippen molar-refractivity contribution >= 4 is 5.70 Å². The highest BCUT2D eigenvalue weighted by molar-refractivity contribution is 5.73. The summed E-state index contributed by atoms with van der Waals surface area (Å²) in [6, 6.07) is 9.99. The van der Waals surface area contributed by atoms with Crippen LogP contribution in [0.1, 0.15) is 19.4 Å². The largest absolute Gasteiger partial charge is 0.389 e. The highest BCUT2D eigenvalue weighted by Gasteiger charge is 2.26. The lowest BCUT2D eigenvalue weighted by atomic mass is 9.96. The third-order valence-electron chi connectivity index (χ3n) is 3.35. The van der Waals surface area contributed by atoms with Crippen molar-refractivity contribution < 1.29 is 9.94 Å². The van der Waals surface area contributed by atoms with E-state index in [1.807, 2.05) is 43.3 Å². The minimum absolute atomic E-state index is 0.371. The van der Waals surface area contributed by atoms with Crippen LogP contribution < -0.4 is 0 Å². The maximum Gasteiger partial charge on any atom is 0.0932 e. The number of hydroxylamine groups is 2. The van der Waals surface area contributed by atoms with E-state index in [4.69, 9.17) is 4.84 Å². The average Bonchev–Trinajstić information content (AvgIpc) is 2.48. The molecule has 0 amide bonds. The topological polar surface area (TPSA) is 32.7 Å². The van der Waals surface area contributed by atoms with Gasteiger partial charge in [-0.3, -0.25) is 4.84 Å². The van der Waals surface area contributed by atoms with Crippen LogP contribution >= 0.6 is 0 Å². The second-order valence-corrected chi connectivity index (χ2v) is 5.00. The smallest absolute Gasteiger partial charge is 0.0932 e. The molecule has 0 aliphatic carbocycles. The second-order valence-electron chi connectivity index (χ2n) is 5.00. The Morgan fingerprint density at radius 1 is 1.33 bits per heavy atom. The Bertz CT molecular complexity index is 597. The average molecular weight is 283 g/mol. The molecule has 0 aromatic heterocycles. The lowest BCUT2D eigenvalue weighted by molar-refractivity contribution is -0.0671. The molecule has 3 heteroatoms. The van der Waals surface area contributed by atoms with Gasteiger partial charge in [0.1, 0.15) is 0 Å². The summed E-state index contributed by atoms with van der Waals surface area (Å²) in [7, 11) is 0. The summed E-state index contributed by atoms with van der Waals surface area (Å²) in [6.07, 6.45) is 3.05. The van der Waals surface area contributed by atoms with Crippen LogP contribution in [-0.4, -0.2) is 22.9 Å². The first kappa shape index (κ1) is 15.3. The molecule has 1 unspecified atom stereocenters. The van der Waals surface area contributed by atoms with Crippen molar-refractivity contribution in [1.29, 1.82) is 0 Å². The highest BCUT2D eigenvalue weighted by Crippen LogP contribution is 2.35. The normalized spacial score (nSPS) is 16.8. The van der Waals surface area contributed by atoms with Crippen molar-refractivity contribution in [2.24, 2.45) is 0 Å². The van der Waals surface area contributed by atoms with Gasteiger partial charge in [0, 0.05) is 11.1 Å². The molecule has 3 nitrogen and oxygen atoms in total. The van der Waals surface area contributed by atoms with Crippen LogP contribution in [-0.2, 0) is 4.84 Å². The number of benzene rings is 1. The first-order valence-corrected chi connectivity index (χ1v) is 6.95. The zero-order valence-corrected chi connectivity index (χ0v) is 12.5. The fourth-order valence-corrected chi connectivity index (χ4v) is 2.37. The minimum atomic E-state index is -0.598. The molecule has 0 saturated carbocycles. The van der Waals surface area contributed by atoms with E-state index in [1.165, 1.54) is 0 Å². The number of hydrogen-bond acceptors (Lipinski definition) is 3. The Hall–Kier alpha value is -2.10. The van der Waals surface area contributed by atoms with Crippen LogP contribution in [0.3, 0.4) is 0 Å². The molecule has 1 N–H and O–H groups in total. The van der Waals surface area contributed by atoms with E-state index in [2.05, 4.69) is 13.2 Å². The van der Waals surface area contributed by atoms with Crippen molar-refractivity contribution in [3.05, 3.63) is 78.0 Å². The van der Waals surface area contributed by atoms with Crippen LogP contribution in [0.15, 0.2) is 72.5 Å². The van der Waals surface area contributed by atoms with Crippen LogP contribution in [0.2, 0.25) is 0 Å². The van der Waals surface area contributed by atoms with Crippen molar-refractivity contribution in [2.75, 3.05) is 6.61 Å². The Balaban J connectivity index is 2.52. The summed E-state index contributed by atoms with van der Waals surface area (Å²) in [5.74, 6) is 0. The van der Waals surface area contributed by atoms with E-state index in [0.717, 1.165) is 22.4 Å². The zero-order valence-electron chi connectivity index (χ0n) is 12.5. The van der Waals surface area contributed by atoms with E-state index in [-0.39, 0.29) is 0 Å². The molecule has 0 radical (unpaired) electrons. The lowest BCUT2D eigenvalue weighted by Crippen LogP contribution is -2.29. The predicted octanol–water partition coefficient (Wildman–Crippen LogP) is 3.67. The Kier molecular flexibility index (Phi) is 4.78. The fourth-order valence-electron chi connectivity index (χ4n) is 2.37. The number of aliphatic hydroxyl groups is 1. The molecule has 1 aromatic carbocycles. The molecule has 1 heterocycles. The molecule has 0 fully saturated rings. The van der Waals surface area contributed by atoms with Gasteiger partial charge in [-0.15, -0.1) is 6.58 Å². The lowest BCUT2D eigenvalue weighted by Gasteiger charge is -2.34. The Morgan fingerprint density at radius 2 is 2.00 bits per heavy atom. The van der Waals surface area contributed by atoms with Gasteiger partial charge in [-0.05, 0) is 25.5 Å². The standard InChI is InChI=1S/C18H21NO2/c1-5-11-21-19-14(3)17(15(4)20)12-13(2)18(19)16-9-7-6-8-10-16/h5-10,12,15,20H,1,3,11H2,2,4H3. The van der Waals surface area contributed by atoms with Crippen molar-refractivity contribution in [2.45, 2.75) is 20.0 Å². The number of nitrogens with zero attached hydrogens (tertiary/aromatic N) is 1. The van der Waals surface area contributed by atoms with E-state index >= 15 is 0 Å². The summed E-state index contributed by atoms with van der Waals surface area (Å²) in [5, 5.41) is 11.6. The molecular formula is C18H21NO2. The maximum absolute atomic E-state index is 9.91. The minimum Gasteiger partial charge on any atom is -0.389 e. The molecule has 1 atom stereocenters. The van der Waals surface area contributed by atoms with Gasteiger partial charge < -0.3 is 5.11 Å². The molecule has 110 valence electrons. The Labute approximate surface area is 126 Å². The van der Waals surface area contributed by atoms with Gasteiger partial charge in [-0.2, -0.15) is 0 Å². The first-order chi connectivity index (χ1) is 10.1. The van der Waals surface area contributed by atoms with Crippen LogP contribution in [0.5, 0.6) is 0 Å². The SMILES string of the molecule is C=CCON1C(=C)C(C(C)O)=CC(C)=C1c1ccccc1. The summed E-state index contributed by atoms with van der Waals surface area (Å²) in [5.41, 5.74) is 4.41. The summed E-state index contributed by atoms with van der Waals surface area (Å²) in [4.78, 5) is 5.77. The zero-order chi connectivity index (χ0) is 15.4. The van der Waals surface area contributed by atoms with Gasteiger partial charge in [0.2, 0.25) is 0 Å². The van der Waals surface area contributed by atoms with E-state index in [9.17, 15) is 5.11 Å². The van der Waals surface area contributed by atoms with Gasteiger partial charge in [0.05, 0.1) is 24.1 Å². The van der Waals surface area contributed by atoms with Gasteiger partial charge in [0.25, 0.3) is 0 Å². The van der Waals surface area contributed by atoms with Crippen LogP contribution in [0.25, 0.3) is 5.70 Å². The van der Waals surface area contributed by atoms with Gasteiger partial charge in [0.15, 0.2) is 0 Å². The third-order valence-corrected chi connectivity index (χ3v) is 3.35. The summed E-state index contributed by atoms with van der Waals surface area (Å²) in [6.45, 7) is 11.8. The molecule has 0 spiro atoms. The Morgan fingerprint density at radius 3 is 2.57 bits per heavy atom. The molecule has 0 bridgehead atoms. The van der Waals surface area contributed by atoms with E-state index in [0.29, 0.717) is 12.3 Å². The third kappa shape index (κ3) is 3.15. The van der Waals surface area contributed by atoms with Crippen LogP contribution in [0, 0.1) is 0 Å². The monoisotopic (exact) mass is 283 g/mol. The molecule has 2 rings (SSSR count). The number of allylic oxidation sites excluding steroid dienone is 2. The second kappa shape index (κ2) is 6.57. The van der Waals surface area contributed by atoms with Crippen molar-refractivity contribution in [1.82, 2.24) is 5.06 Å². The molecule has 1 aliphatic heterocycles. The molecule has 1 aromatic rings. The summed E-state index contributed by atoms with van der Waals surface area (Å²) >= 11 is 0. The van der Waals surface area contributed by atoms with Crippen LogP contribution in [0.4, 0.5) is 0 Å². The molecule has 0 saturated heterocycles. The quantitative estimate of drug-likeness (QED) is 0.837. The highest BCUT2D eigenvalue weighted by atomic mass is 16.7. The molecular weight excluding hydrogens is 262 g/mol. The predicted molar refractivity (Wildman–Crippen MR) is 85.9 cm³/mol. The molecule has 1 aliphatic rings. The fraction of sp³-hybridized carbons (Fsp3) is 0.222. The van der Waals surface area contributed by atoms with Gasteiger partial charge >= 0.3 is 0 Å². The maximum atomic E-state index is 9.91. The number of rotatable bonds is 5. The van der Waals surface area contributed by atoms with Crippen molar-refractivity contribution in [3.8, 4) is 0 Å². The number of aliphatic hydroxyl groups excluding tert-OH is 1.